The van der Waals surface area contributed by atoms with Crippen LogP contribution >= 0.6 is 11.3 Å². The standard InChI is InChI=1S/C16H18N4O5S/c1-3-25-14(23)6-11-9-26-16(18-11)19-13(22)8-20(2)15(24)10-4-5-12(21)17-7-10/h4-5,7,9H,3,6,8H2,1-2H3,(H,17,21)(H,18,19,22). The van der Waals surface area contributed by atoms with E-state index >= 15 is 0 Å². The fourth-order valence-corrected chi connectivity index (χ4v) is 2.74. The third-order valence-electron chi connectivity index (χ3n) is 3.19. The number of thiazole rings is 1. The number of hydrogen-bond acceptors (Lipinski definition) is 7. The number of pyridine rings is 1. The van der Waals surface area contributed by atoms with Crippen molar-refractivity contribution in [3.05, 3.63) is 45.3 Å². The number of nitrogens with one attached hydrogen (secondary N) is 2. The fraction of sp³-hybridized carbons (Fsp3) is 0.312. The highest BCUT2D eigenvalue weighted by atomic mass is 32.1. The second kappa shape index (κ2) is 8.90. The van der Waals surface area contributed by atoms with Gasteiger partial charge in [0.15, 0.2) is 5.13 Å². The number of carbonyl (C=O) groups excluding carboxylic acids is 3. The summed E-state index contributed by atoms with van der Waals surface area (Å²) in [5.74, 6) is -1.22. The van der Waals surface area contributed by atoms with Gasteiger partial charge >= 0.3 is 5.97 Å². The van der Waals surface area contributed by atoms with Crippen molar-refractivity contribution in [2.75, 3.05) is 25.5 Å². The van der Waals surface area contributed by atoms with Crippen LogP contribution in [0.5, 0.6) is 0 Å². The van der Waals surface area contributed by atoms with E-state index in [0.29, 0.717) is 17.4 Å². The van der Waals surface area contributed by atoms with Crippen molar-refractivity contribution in [2.24, 2.45) is 0 Å². The molecule has 26 heavy (non-hydrogen) atoms. The van der Waals surface area contributed by atoms with Gasteiger partial charge in [-0.1, -0.05) is 0 Å². The van der Waals surface area contributed by atoms with E-state index in [1.807, 2.05) is 0 Å². The highest BCUT2D eigenvalue weighted by Crippen LogP contribution is 2.16. The second-order valence-electron chi connectivity index (χ2n) is 5.28. The number of hydrogen-bond donors (Lipinski definition) is 2. The van der Waals surface area contributed by atoms with Crippen LogP contribution in [0, 0.1) is 0 Å². The van der Waals surface area contributed by atoms with Crippen LogP contribution in [0.25, 0.3) is 0 Å². The molecule has 0 fully saturated rings. The molecule has 0 bridgehead atoms. The quantitative estimate of drug-likeness (QED) is 0.682. The van der Waals surface area contributed by atoms with Gasteiger partial charge in [-0.05, 0) is 13.0 Å². The summed E-state index contributed by atoms with van der Waals surface area (Å²) in [5.41, 5.74) is 0.455. The molecule has 138 valence electrons. The number of nitrogens with zero attached hydrogens (tertiary/aromatic N) is 2. The van der Waals surface area contributed by atoms with Gasteiger partial charge in [-0.25, -0.2) is 4.98 Å². The van der Waals surface area contributed by atoms with E-state index in [1.165, 1.54) is 41.6 Å². The lowest BCUT2D eigenvalue weighted by Crippen LogP contribution is -2.35. The Bertz CT molecular complexity index is 840. The molecule has 0 spiro atoms. The SMILES string of the molecule is CCOC(=O)Cc1csc(NC(=O)CN(C)C(=O)c2ccc(=O)[nH]c2)n1. The lowest BCUT2D eigenvalue weighted by molar-refractivity contribution is -0.142. The Balaban J connectivity index is 1.88. The zero-order valence-corrected chi connectivity index (χ0v) is 15.1. The molecule has 0 aromatic carbocycles. The minimum Gasteiger partial charge on any atom is -0.466 e. The normalized spacial score (nSPS) is 10.2. The molecule has 0 unspecified atom stereocenters. The van der Waals surface area contributed by atoms with Crippen molar-refractivity contribution in [3.8, 4) is 0 Å². The first-order valence-corrected chi connectivity index (χ1v) is 8.61. The van der Waals surface area contributed by atoms with Crippen molar-refractivity contribution in [2.45, 2.75) is 13.3 Å². The van der Waals surface area contributed by atoms with Crippen LogP contribution in [0.4, 0.5) is 5.13 Å². The van der Waals surface area contributed by atoms with E-state index in [2.05, 4.69) is 15.3 Å². The summed E-state index contributed by atoms with van der Waals surface area (Å²) < 4.78 is 4.84. The van der Waals surface area contributed by atoms with E-state index in [-0.39, 0.29) is 30.1 Å². The number of H-pyrrole nitrogens is 1. The lowest BCUT2D eigenvalue weighted by Gasteiger charge is -2.16. The number of amides is 2. The van der Waals surface area contributed by atoms with Crippen LogP contribution in [0.15, 0.2) is 28.5 Å². The number of likely N-dealkylation sites (N-methyl/N-ethyl adjacent to an activating group) is 1. The highest BCUT2D eigenvalue weighted by Gasteiger charge is 2.16. The summed E-state index contributed by atoms with van der Waals surface area (Å²) in [4.78, 5) is 54.4. The van der Waals surface area contributed by atoms with Crippen molar-refractivity contribution in [3.63, 3.8) is 0 Å². The van der Waals surface area contributed by atoms with Crippen molar-refractivity contribution >= 4 is 34.3 Å². The third-order valence-corrected chi connectivity index (χ3v) is 3.99. The molecule has 9 nitrogen and oxygen atoms in total. The van der Waals surface area contributed by atoms with Gasteiger partial charge in [0, 0.05) is 24.7 Å². The maximum Gasteiger partial charge on any atom is 0.311 e. The van der Waals surface area contributed by atoms with E-state index in [4.69, 9.17) is 4.74 Å². The molecule has 0 aliphatic carbocycles. The first kappa shape index (κ1) is 19.3. The smallest absolute Gasteiger partial charge is 0.311 e. The third kappa shape index (κ3) is 5.52. The molecule has 2 heterocycles. The van der Waals surface area contributed by atoms with Crippen LogP contribution < -0.4 is 10.9 Å². The Hall–Kier alpha value is -3.01. The van der Waals surface area contributed by atoms with E-state index in [1.54, 1.807) is 12.3 Å². The molecule has 0 aliphatic heterocycles. The van der Waals surface area contributed by atoms with Crippen molar-refractivity contribution in [1.82, 2.24) is 14.9 Å². The van der Waals surface area contributed by atoms with Crippen LogP contribution in [0.3, 0.4) is 0 Å². The van der Waals surface area contributed by atoms with Crippen LogP contribution in [-0.4, -0.2) is 52.9 Å². The fourth-order valence-electron chi connectivity index (χ4n) is 2.02. The number of rotatable bonds is 7. The molecular formula is C16H18N4O5S. The lowest BCUT2D eigenvalue weighted by atomic mass is 10.2. The first-order valence-electron chi connectivity index (χ1n) is 7.73. The summed E-state index contributed by atoms with van der Waals surface area (Å²) in [6, 6.07) is 2.62. The first-order chi connectivity index (χ1) is 12.4. The molecule has 2 rings (SSSR count). The van der Waals surface area contributed by atoms with Gasteiger partial charge < -0.3 is 19.9 Å². The summed E-state index contributed by atoms with van der Waals surface area (Å²) in [7, 11) is 1.47. The van der Waals surface area contributed by atoms with Gasteiger partial charge in [0.1, 0.15) is 0 Å². The minimum atomic E-state index is -0.428. The zero-order valence-electron chi connectivity index (χ0n) is 14.3. The molecule has 2 amide bonds. The maximum absolute atomic E-state index is 12.2. The average molecular weight is 378 g/mol. The zero-order chi connectivity index (χ0) is 19.1. The number of anilines is 1. The van der Waals surface area contributed by atoms with Gasteiger partial charge in [0.2, 0.25) is 11.5 Å². The predicted octanol–water partition coefficient (Wildman–Crippen LogP) is 0.648. The minimum absolute atomic E-state index is 0.0325. The molecule has 2 aromatic heterocycles. The Morgan fingerprint density at radius 2 is 2.12 bits per heavy atom. The second-order valence-corrected chi connectivity index (χ2v) is 6.13. The van der Waals surface area contributed by atoms with E-state index < -0.39 is 11.8 Å². The molecule has 10 heteroatoms. The number of aromatic amines is 1. The number of ether oxygens (including phenoxy) is 1. The number of carbonyl (C=O) groups is 3. The van der Waals surface area contributed by atoms with Gasteiger partial charge in [0.05, 0.1) is 30.8 Å². The van der Waals surface area contributed by atoms with Crippen molar-refractivity contribution in [1.29, 1.82) is 0 Å². The summed E-state index contributed by atoms with van der Waals surface area (Å²) >= 11 is 1.18. The predicted molar refractivity (Wildman–Crippen MR) is 95.1 cm³/mol. The maximum atomic E-state index is 12.2. The van der Waals surface area contributed by atoms with Crippen molar-refractivity contribution < 1.29 is 19.1 Å². The monoisotopic (exact) mass is 378 g/mol. The number of aromatic nitrogens is 2. The van der Waals surface area contributed by atoms with Gasteiger partial charge in [-0.2, -0.15) is 0 Å². The average Bonchev–Trinajstić information content (AvgIpc) is 3.01. The molecule has 0 aliphatic rings. The van der Waals surface area contributed by atoms with Gasteiger partial charge in [0.25, 0.3) is 5.91 Å². The summed E-state index contributed by atoms with van der Waals surface area (Å²) in [6.45, 7) is 1.82. The molecule has 2 N–H and O–H groups in total. The molecule has 0 atom stereocenters. The Labute approximate surface area is 153 Å². The molecule has 2 aromatic rings. The molecule has 0 saturated carbocycles. The summed E-state index contributed by atoms with van der Waals surface area (Å²) in [5, 5.41) is 4.57. The van der Waals surface area contributed by atoms with E-state index in [9.17, 15) is 19.2 Å². The van der Waals surface area contributed by atoms with E-state index in [0.717, 1.165) is 0 Å². The highest BCUT2D eigenvalue weighted by molar-refractivity contribution is 7.13. The Morgan fingerprint density at radius 1 is 1.35 bits per heavy atom. The molecule has 0 radical (unpaired) electrons. The summed E-state index contributed by atoms with van der Waals surface area (Å²) in [6.07, 6.45) is 1.33. The van der Waals surface area contributed by atoms with Crippen LogP contribution in [0.1, 0.15) is 23.0 Å². The molecule has 0 saturated heterocycles. The number of esters is 1. The molecular weight excluding hydrogens is 360 g/mol. The largest absolute Gasteiger partial charge is 0.466 e. The van der Waals surface area contributed by atoms with Crippen LogP contribution in [-0.2, 0) is 20.7 Å². The Kier molecular flexibility index (Phi) is 6.61. The Morgan fingerprint density at radius 3 is 2.77 bits per heavy atom. The van der Waals surface area contributed by atoms with Crippen LogP contribution in [0.2, 0.25) is 0 Å². The van der Waals surface area contributed by atoms with Gasteiger partial charge in [-0.3, -0.25) is 19.2 Å². The topological polar surface area (TPSA) is 121 Å². The van der Waals surface area contributed by atoms with Gasteiger partial charge in [-0.15, -0.1) is 11.3 Å².